The molecule has 3 rings (SSSR count). The van der Waals surface area contributed by atoms with Crippen LogP contribution in [0.2, 0.25) is 0 Å². The zero-order chi connectivity index (χ0) is 15.4. The molecule has 0 amide bonds. The van der Waals surface area contributed by atoms with Crippen LogP contribution in [0.25, 0.3) is 0 Å². The van der Waals surface area contributed by atoms with Crippen LogP contribution < -0.4 is 5.73 Å². The third kappa shape index (κ3) is 2.79. The minimum Gasteiger partial charge on any atom is -0.346 e. The summed E-state index contributed by atoms with van der Waals surface area (Å²) in [6.45, 7) is 11.9. The quantitative estimate of drug-likeness (QED) is 0.793. The van der Waals surface area contributed by atoms with Crippen LogP contribution in [0.15, 0.2) is 6.07 Å². The summed E-state index contributed by atoms with van der Waals surface area (Å²) in [6, 6.07) is 3.29. The summed E-state index contributed by atoms with van der Waals surface area (Å²) in [6.07, 6.45) is 6.36. The maximum Gasteiger partial charge on any atom is 0.0341 e. The first-order chi connectivity index (χ1) is 9.77. The Bertz CT molecular complexity index is 516. The van der Waals surface area contributed by atoms with E-state index in [9.17, 15) is 0 Å². The number of fused-ring (bicyclic) bond motifs is 1. The van der Waals surface area contributed by atoms with Gasteiger partial charge < -0.3 is 10.3 Å². The highest BCUT2D eigenvalue weighted by atomic mass is 15.0. The number of hydrogen-bond donors (Lipinski definition) is 1. The van der Waals surface area contributed by atoms with E-state index in [1.165, 1.54) is 36.9 Å². The van der Waals surface area contributed by atoms with Gasteiger partial charge in [0, 0.05) is 23.5 Å². The first-order valence-electron chi connectivity index (χ1n) is 8.73. The molecule has 3 unspecified atom stereocenters. The molecule has 0 saturated heterocycles. The summed E-state index contributed by atoms with van der Waals surface area (Å²) in [4.78, 5) is 0. The third-order valence-electron chi connectivity index (χ3n) is 5.71. The zero-order valence-electron chi connectivity index (χ0n) is 14.4. The number of nitrogens with zero attached hydrogens (tertiary/aromatic N) is 1. The number of hydrogen-bond acceptors (Lipinski definition) is 1. The maximum absolute atomic E-state index is 6.47. The number of aromatic nitrogens is 1. The van der Waals surface area contributed by atoms with E-state index in [1.54, 1.807) is 5.69 Å². The van der Waals surface area contributed by atoms with Crippen LogP contribution in [0.3, 0.4) is 0 Å². The van der Waals surface area contributed by atoms with Gasteiger partial charge >= 0.3 is 0 Å². The van der Waals surface area contributed by atoms with Crippen molar-refractivity contribution in [3.05, 3.63) is 23.0 Å². The van der Waals surface area contributed by atoms with Crippen molar-refractivity contribution in [2.45, 2.75) is 78.8 Å². The first kappa shape index (κ1) is 15.1. The predicted molar refractivity (Wildman–Crippen MR) is 89.4 cm³/mol. The lowest BCUT2D eigenvalue weighted by Gasteiger charge is -2.38. The molecule has 3 atom stereocenters. The van der Waals surface area contributed by atoms with Crippen molar-refractivity contribution in [2.75, 3.05) is 0 Å². The Balaban J connectivity index is 2.00. The van der Waals surface area contributed by atoms with Gasteiger partial charge in [-0.15, -0.1) is 0 Å². The van der Waals surface area contributed by atoms with Crippen LogP contribution in [0.1, 0.15) is 82.4 Å². The van der Waals surface area contributed by atoms with E-state index in [0.29, 0.717) is 11.5 Å². The second-order valence-corrected chi connectivity index (χ2v) is 8.78. The minimum atomic E-state index is 0.224. The molecule has 118 valence electrons. The topological polar surface area (TPSA) is 30.9 Å². The van der Waals surface area contributed by atoms with Crippen LogP contribution >= 0.6 is 0 Å². The smallest absolute Gasteiger partial charge is 0.0341 e. The summed E-state index contributed by atoms with van der Waals surface area (Å²) in [5.41, 5.74) is 11.2. The average Bonchev–Trinajstić information content (AvgIpc) is 2.63. The summed E-state index contributed by atoms with van der Waals surface area (Å²) >= 11 is 0. The van der Waals surface area contributed by atoms with E-state index in [1.807, 2.05) is 0 Å². The Hall–Kier alpha value is -0.760. The number of aryl methyl sites for hydroxylation is 1. The molecule has 0 spiro atoms. The highest BCUT2D eigenvalue weighted by Gasteiger charge is 2.36. The highest BCUT2D eigenvalue weighted by molar-refractivity contribution is 5.34. The van der Waals surface area contributed by atoms with E-state index < -0.39 is 0 Å². The molecule has 1 saturated carbocycles. The van der Waals surface area contributed by atoms with Crippen molar-refractivity contribution < 1.29 is 0 Å². The maximum atomic E-state index is 6.47. The Morgan fingerprint density at radius 3 is 2.38 bits per heavy atom. The van der Waals surface area contributed by atoms with Crippen LogP contribution in [0, 0.1) is 24.2 Å². The molecule has 2 aliphatic rings. The molecule has 2 N–H and O–H groups in total. The molecule has 1 aromatic heterocycles. The van der Waals surface area contributed by atoms with E-state index in [-0.39, 0.29) is 6.04 Å². The third-order valence-corrected chi connectivity index (χ3v) is 5.71. The van der Waals surface area contributed by atoms with Gasteiger partial charge in [-0.3, -0.25) is 0 Å². The molecule has 1 heterocycles. The van der Waals surface area contributed by atoms with E-state index in [2.05, 4.69) is 45.3 Å². The van der Waals surface area contributed by atoms with E-state index >= 15 is 0 Å². The predicted octanol–water partition coefficient (Wildman–Crippen LogP) is 4.77. The van der Waals surface area contributed by atoms with Gasteiger partial charge in [0.2, 0.25) is 0 Å². The van der Waals surface area contributed by atoms with Gasteiger partial charge in [-0.25, -0.2) is 0 Å². The monoisotopic (exact) mass is 288 g/mol. The van der Waals surface area contributed by atoms with Crippen molar-refractivity contribution in [1.29, 1.82) is 0 Å². The fourth-order valence-electron chi connectivity index (χ4n) is 5.09. The van der Waals surface area contributed by atoms with Crippen molar-refractivity contribution in [3.63, 3.8) is 0 Å². The summed E-state index contributed by atoms with van der Waals surface area (Å²) < 4.78 is 2.67. The number of nitrogens with two attached hydrogens (primary N) is 1. The lowest BCUT2D eigenvalue weighted by Crippen LogP contribution is -2.32. The van der Waals surface area contributed by atoms with Gasteiger partial charge in [0.15, 0.2) is 0 Å². The molecule has 0 bridgehead atoms. The Morgan fingerprint density at radius 2 is 1.76 bits per heavy atom. The molecular weight excluding hydrogens is 256 g/mol. The van der Waals surface area contributed by atoms with Crippen molar-refractivity contribution >= 4 is 0 Å². The molecule has 21 heavy (non-hydrogen) atoms. The van der Waals surface area contributed by atoms with Crippen LogP contribution in [0.5, 0.6) is 0 Å². The molecular formula is C19H32N2. The molecule has 0 aromatic carbocycles. The van der Waals surface area contributed by atoms with E-state index in [0.717, 1.165) is 18.3 Å². The summed E-state index contributed by atoms with van der Waals surface area (Å²) in [5, 5.41) is 0. The normalized spacial score (nSPS) is 35.5. The van der Waals surface area contributed by atoms with E-state index in [4.69, 9.17) is 5.73 Å². The van der Waals surface area contributed by atoms with Gasteiger partial charge in [0.25, 0.3) is 0 Å². The van der Waals surface area contributed by atoms with Gasteiger partial charge in [-0.2, -0.15) is 0 Å². The molecule has 0 radical (unpaired) electrons. The van der Waals surface area contributed by atoms with Gasteiger partial charge in [-0.1, -0.05) is 27.7 Å². The van der Waals surface area contributed by atoms with Gasteiger partial charge in [0.1, 0.15) is 0 Å². The van der Waals surface area contributed by atoms with Gasteiger partial charge in [-0.05, 0) is 67.9 Å². The second-order valence-electron chi connectivity index (χ2n) is 8.78. The Labute approximate surface area is 130 Å². The van der Waals surface area contributed by atoms with Crippen LogP contribution in [-0.2, 0) is 6.42 Å². The molecule has 0 aliphatic heterocycles. The van der Waals surface area contributed by atoms with Crippen LogP contribution in [0.4, 0.5) is 0 Å². The van der Waals surface area contributed by atoms with Gasteiger partial charge in [0.05, 0.1) is 0 Å². The zero-order valence-corrected chi connectivity index (χ0v) is 14.4. The molecule has 1 fully saturated rings. The standard InChI is InChI=1S/C19H32N2/c1-12-6-13(2)8-15(7-12)21-14(3)9-16-17(20)10-19(4,5)11-18(16)21/h9,12-13,15,17H,6-8,10-11,20H2,1-5H3. The fourth-order valence-corrected chi connectivity index (χ4v) is 5.09. The molecule has 2 nitrogen and oxygen atoms in total. The number of rotatable bonds is 1. The Morgan fingerprint density at radius 1 is 1.14 bits per heavy atom. The molecule has 2 heteroatoms. The van der Waals surface area contributed by atoms with Crippen molar-refractivity contribution in [1.82, 2.24) is 4.57 Å². The lowest BCUT2D eigenvalue weighted by atomic mass is 9.74. The second kappa shape index (κ2) is 5.15. The Kier molecular flexibility index (Phi) is 3.72. The fraction of sp³-hybridized carbons (Fsp3) is 0.789. The van der Waals surface area contributed by atoms with Crippen molar-refractivity contribution in [2.24, 2.45) is 23.0 Å². The largest absolute Gasteiger partial charge is 0.346 e. The SMILES string of the molecule is Cc1cc2c(n1C1CC(C)CC(C)C1)CC(C)(C)CC2N. The lowest BCUT2D eigenvalue weighted by molar-refractivity contribution is 0.207. The summed E-state index contributed by atoms with van der Waals surface area (Å²) in [7, 11) is 0. The first-order valence-corrected chi connectivity index (χ1v) is 8.73. The van der Waals surface area contributed by atoms with Crippen molar-refractivity contribution in [3.8, 4) is 0 Å². The van der Waals surface area contributed by atoms with Crippen LogP contribution in [-0.4, -0.2) is 4.57 Å². The minimum absolute atomic E-state index is 0.224. The summed E-state index contributed by atoms with van der Waals surface area (Å²) in [5.74, 6) is 1.70. The molecule has 1 aromatic rings. The molecule has 2 aliphatic carbocycles. The highest BCUT2D eigenvalue weighted by Crippen LogP contribution is 2.44. The average molecular weight is 288 g/mol.